The summed E-state index contributed by atoms with van der Waals surface area (Å²) < 4.78 is 10.5. The molecule has 186 valence electrons. The van der Waals surface area contributed by atoms with Crippen LogP contribution in [0.3, 0.4) is 0 Å². The number of piperidine rings is 2. The first-order chi connectivity index (χ1) is 17.0. The highest BCUT2D eigenvalue weighted by Crippen LogP contribution is 2.27. The molecule has 0 radical (unpaired) electrons. The second-order valence-corrected chi connectivity index (χ2v) is 9.56. The van der Waals surface area contributed by atoms with Gasteiger partial charge in [-0.25, -0.2) is 4.98 Å². The smallest absolute Gasteiger partial charge is 0.256 e. The number of Topliss-reactive ketones (excluding diaryl/α,β-unsaturated/α-hetero) is 1. The Labute approximate surface area is 204 Å². The number of hydrogen-bond donors (Lipinski definition) is 1. The maximum absolute atomic E-state index is 13.4. The summed E-state index contributed by atoms with van der Waals surface area (Å²) in [5.74, 6) is 1.49. The van der Waals surface area contributed by atoms with Gasteiger partial charge in [0.05, 0.1) is 44.2 Å². The molecular weight excluding hydrogens is 448 g/mol. The molecule has 1 unspecified atom stereocenters. The number of ether oxygens (including phenoxy) is 2. The van der Waals surface area contributed by atoms with E-state index in [0.717, 1.165) is 50.2 Å². The molecule has 9 heteroatoms. The van der Waals surface area contributed by atoms with E-state index in [1.807, 2.05) is 29.2 Å². The summed E-state index contributed by atoms with van der Waals surface area (Å²) in [6, 6.07) is 7.09. The van der Waals surface area contributed by atoms with Gasteiger partial charge in [-0.3, -0.25) is 19.3 Å². The second-order valence-electron chi connectivity index (χ2n) is 9.56. The zero-order valence-electron chi connectivity index (χ0n) is 20.1. The minimum Gasteiger partial charge on any atom is -0.497 e. The third-order valence-electron chi connectivity index (χ3n) is 7.44. The van der Waals surface area contributed by atoms with Crippen molar-refractivity contribution in [3.8, 4) is 5.75 Å². The average Bonchev–Trinajstić information content (AvgIpc) is 2.90. The zero-order valence-corrected chi connectivity index (χ0v) is 20.1. The molecule has 1 aromatic carbocycles. The Bertz CT molecular complexity index is 1140. The van der Waals surface area contributed by atoms with Crippen LogP contribution in [0.5, 0.6) is 5.75 Å². The third kappa shape index (κ3) is 5.01. The fourth-order valence-corrected chi connectivity index (χ4v) is 5.43. The van der Waals surface area contributed by atoms with Crippen molar-refractivity contribution in [2.24, 2.45) is 5.92 Å². The van der Waals surface area contributed by atoms with Crippen LogP contribution in [-0.4, -0.2) is 70.9 Å². The number of fused-ring (bicyclic) bond motifs is 1. The number of likely N-dealkylation sites (tertiary alicyclic amines) is 2. The van der Waals surface area contributed by atoms with Gasteiger partial charge in [0.25, 0.3) is 5.56 Å². The highest BCUT2D eigenvalue weighted by molar-refractivity contribution is 5.98. The summed E-state index contributed by atoms with van der Waals surface area (Å²) in [5, 5.41) is 0. The summed E-state index contributed by atoms with van der Waals surface area (Å²) in [6.45, 7) is 3.27. The van der Waals surface area contributed by atoms with Crippen LogP contribution in [0.25, 0.3) is 0 Å². The largest absolute Gasteiger partial charge is 0.497 e. The Balaban J connectivity index is 1.20. The number of hydrogen-bond acceptors (Lipinski definition) is 7. The van der Waals surface area contributed by atoms with Crippen LogP contribution in [-0.2, 0) is 29.1 Å². The Morgan fingerprint density at radius 1 is 1.14 bits per heavy atom. The van der Waals surface area contributed by atoms with Gasteiger partial charge in [-0.2, -0.15) is 0 Å². The molecule has 1 amide bonds. The molecule has 1 atom stereocenters. The summed E-state index contributed by atoms with van der Waals surface area (Å²) in [6.07, 6.45) is 3.84. The average molecular weight is 481 g/mol. The predicted octanol–water partition coefficient (Wildman–Crippen LogP) is 1.94. The van der Waals surface area contributed by atoms with E-state index in [1.165, 1.54) is 0 Å². The lowest BCUT2D eigenvalue weighted by Crippen LogP contribution is -2.54. The molecular formula is C26H32N4O5. The quantitative estimate of drug-likeness (QED) is 0.630. The van der Waals surface area contributed by atoms with Crippen LogP contribution in [0.2, 0.25) is 0 Å². The standard InChI is InChI=1S/C26H32N4O5/c1-34-19-6-4-17(5-7-19)24(31)18-8-12-29(13-9-18)22-3-2-11-30(26(22)33)15-23-27-21-10-14-35-16-20(21)25(32)28-23/h4-7,18,22H,2-3,8-16H2,1H3,(H,27,28,32). The van der Waals surface area contributed by atoms with Crippen LogP contribution >= 0.6 is 0 Å². The van der Waals surface area contributed by atoms with Crippen LogP contribution < -0.4 is 10.3 Å². The maximum atomic E-state index is 13.4. The van der Waals surface area contributed by atoms with Gasteiger partial charge in [0, 0.05) is 24.4 Å². The number of methoxy groups -OCH3 is 1. The van der Waals surface area contributed by atoms with E-state index in [-0.39, 0.29) is 29.2 Å². The number of H-pyrrole nitrogens is 1. The Morgan fingerprint density at radius 2 is 1.91 bits per heavy atom. The van der Waals surface area contributed by atoms with Crippen molar-refractivity contribution in [2.75, 3.05) is 33.4 Å². The lowest BCUT2D eigenvalue weighted by Gasteiger charge is -2.41. The summed E-state index contributed by atoms with van der Waals surface area (Å²) in [5.41, 5.74) is 1.91. The third-order valence-corrected chi connectivity index (χ3v) is 7.44. The van der Waals surface area contributed by atoms with Gasteiger partial charge in [0.2, 0.25) is 5.91 Å². The van der Waals surface area contributed by atoms with E-state index in [0.29, 0.717) is 49.7 Å². The van der Waals surface area contributed by atoms with Crippen molar-refractivity contribution in [3.05, 3.63) is 57.3 Å². The molecule has 35 heavy (non-hydrogen) atoms. The predicted molar refractivity (Wildman–Crippen MR) is 128 cm³/mol. The maximum Gasteiger partial charge on any atom is 0.256 e. The van der Waals surface area contributed by atoms with E-state index in [1.54, 1.807) is 7.11 Å². The van der Waals surface area contributed by atoms with E-state index >= 15 is 0 Å². The van der Waals surface area contributed by atoms with Gasteiger partial charge in [-0.05, 0) is 63.0 Å². The number of aromatic nitrogens is 2. The number of carbonyl (C=O) groups is 2. The van der Waals surface area contributed by atoms with Gasteiger partial charge < -0.3 is 19.4 Å². The van der Waals surface area contributed by atoms with E-state index < -0.39 is 0 Å². The molecule has 0 saturated carbocycles. The van der Waals surface area contributed by atoms with Gasteiger partial charge in [0.1, 0.15) is 11.6 Å². The highest BCUT2D eigenvalue weighted by atomic mass is 16.5. The normalized spacial score (nSPS) is 21.6. The van der Waals surface area contributed by atoms with Gasteiger partial charge in [-0.1, -0.05) is 0 Å². The number of nitrogens with one attached hydrogen (secondary N) is 1. The monoisotopic (exact) mass is 480 g/mol. The summed E-state index contributed by atoms with van der Waals surface area (Å²) in [4.78, 5) is 50.2. The van der Waals surface area contributed by atoms with Gasteiger partial charge >= 0.3 is 0 Å². The minimum absolute atomic E-state index is 0.0248. The summed E-state index contributed by atoms with van der Waals surface area (Å²) in [7, 11) is 1.61. The molecule has 2 saturated heterocycles. The molecule has 3 aliphatic heterocycles. The highest BCUT2D eigenvalue weighted by Gasteiger charge is 2.36. The fourth-order valence-electron chi connectivity index (χ4n) is 5.43. The first-order valence-corrected chi connectivity index (χ1v) is 12.4. The molecule has 1 aromatic heterocycles. The van der Waals surface area contributed by atoms with Crippen LogP contribution in [0.4, 0.5) is 0 Å². The molecule has 3 aliphatic rings. The number of benzene rings is 1. The van der Waals surface area contributed by atoms with Gasteiger partial charge in [-0.15, -0.1) is 0 Å². The zero-order chi connectivity index (χ0) is 24.4. The molecule has 9 nitrogen and oxygen atoms in total. The Kier molecular flexibility index (Phi) is 6.97. The van der Waals surface area contributed by atoms with Crippen molar-refractivity contribution >= 4 is 11.7 Å². The van der Waals surface area contributed by atoms with E-state index in [9.17, 15) is 14.4 Å². The van der Waals surface area contributed by atoms with E-state index in [4.69, 9.17) is 9.47 Å². The molecule has 0 spiro atoms. The number of aromatic amines is 1. The molecule has 4 heterocycles. The van der Waals surface area contributed by atoms with Crippen molar-refractivity contribution in [1.29, 1.82) is 0 Å². The second kappa shape index (κ2) is 10.3. The molecule has 1 N–H and O–H groups in total. The molecule has 5 rings (SSSR count). The summed E-state index contributed by atoms with van der Waals surface area (Å²) >= 11 is 0. The molecule has 2 fully saturated rings. The van der Waals surface area contributed by atoms with Crippen LogP contribution in [0.1, 0.15) is 53.1 Å². The van der Waals surface area contributed by atoms with Crippen molar-refractivity contribution in [2.45, 2.75) is 51.3 Å². The number of rotatable bonds is 6. The first-order valence-electron chi connectivity index (χ1n) is 12.4. The number of nitrogens with zero attached hydrogens (tertiary/aromatic N) is 3. The van der Waals surface area contributed by atoms with Crippen molar-refractivity contribution in [1.82, 2.24) is 19.8 Å². The van der Waals surface area contributed by atoms with Crippen molar-refractivity contribution < 1.29 is 19.1 Å². The number of amides is 1. The fraction of sp³-hybridized carbons (Fsp3) is 0.538. The van der Waals surface area contributed by atoms with Crippen LogP contribution in [0, 0.1) is 5.92 Å². The lowest BCUT2D eigenvalue weighted by atomic mass is 9.87. The lowest BCUT2D eigenvalue weighted by molar-refractivity contribution is -0.141. The Hall–Kier alpha value is -3.04. The van der Waals surface area contributed by atoms with Crippen molar-refractivity contribution in [3.63, 3.8) is 0 Å². The Morgan fingerprint density at radius 3 is 2.66 bits per heavy atom. The minimum atomic E-state index is -0.182. The molecule has 0 bridgehead atoms. The number of ketones is 1. The molecule has 2 aromatic rings. The topological polar surface area (TPSA) is 105 Å². The van der Waals surface area contributed by atoms with Crippen LogP contribution in [0.15, 0.2) is 29.1 Å². The molecule has 0 aliphatic carbocycles. The SMILES string of the molecule is COc1ccc(C(=O)C2CCN(C3CCCN(Cc4nc5c(c(=O)[nH]4)COCC5)C3=O)CC2)cc1. The first kappa shape index (κ1) is 23.7. The van der Waals surface area contributed by atoms with Gasteiger partial charge in [0.15, 0.2) is 5.78 Å². The van der Waals surface area contributed by atoms with E-state index in [2.05, 4.69) is 14.9 Å². The number of carbonyl (C=O) groups excluding carboxylic acids is 2.